The highest BCUT2D eigenvalue weighted by atomic mass is 19.1. The van der Waals surface area contributed by atoms with Crippen LogP contribution in [0.25, 0.3) is 0 Å². The third-order valence-electron chi connectivity index (χ3n) is 7.33. The van der Waals surface area contributed by atoms with Crippen molar-refractivity contribution in [1.82, 2.24) is 14.8 Å². The quantitative estimate of drug-likeness (QED) is 0.698. The molecule has 2 N–H and O–H groups in total. The standard InChI is InChI=1S/C25H27FN4O5/c1-13-4-5-16(18(26)8-13)10-27-23(33)17-11-30-19-12-29(24(34)20(30)22(32)21(17)31)15(3)6-7-25(19)9-14(2)28-35-25/h4-5,8,11,15,19,32H,6-7,9-10,12H2,1-3H3,(H,27,33)/t15-,19+,25+/m0/s1. The Hall–Kier alpha value is -3.69. The SMILES string of the molecule is CC1=NO[C@]2(CC[C@H](C)N3C[C@H]2n2cc(C(=O)NCc4ccc(C)cc4F)c(=O)c(O)c2C3=O)C1. The molecule has 1 aromatic carbocycles. The number of aromatic hydroxyl groups is 1. The number of oxime groups is 1. The van der Waals surface area contributed by atoms with Gasteiger partial charge in [0.15, 0.2) is 17.0 Å². The summed E-state index contributed by atoms with van der Waals surface area (Å²) in [5, 5.41) is 17.5. The molecule has 1 saturated heterocycles. The second-order valence-corrected chi connectivity index (χ2v) is 9.77. The highest BCUT2D eigenvalue weighted by Crippen LogP contribution is 2.46. The zero-order valence-corrected chi connectivity index (χ0v) is 19.8. The van der Waals surface area contributed by atoms with Crippen molar-refractivity contribution in [1.29, 1.82) is 0 Å². The maximum absolute atomic E-state index is 14.2. The van der Waals surface area contributed by atoms with Crippen LogP contribution in [0.3, 0.4) is 0 Å². The normalized spacial score (nSPS) is 25.1. The fraction of sp³-hybridized carbons (Fsp3) is 0.440. The average molecular weight is 483 g/mol. The maximum Gasteiger partial charge on any atom is 0.274 e. The minimum absolute atomic E-state index is 0.121. The molecule has 4 heterocycles. The van der Waals surface area contributed by atoms with Gasteiger partial charge >= 0.3 is 0 Å². The van der Waals surface area contributed by atoms with Crippen LogP contribution in [-0.4, -0.2) is 50.3 Å². The van der Waals surface area contributed by atoms with Crippen molar-refractivity contribution in [3.63, 3.8) is 0 Å². The second-order valence-electron chi connectivity index (χ2n) is 9.77. The molecule has 35 heavy (non-hydrogen) atoms. The summed E-state index contributed by atoms with van der Waals surface area (Å²) in [6.45, 7) is 5.70. The lowest BCUT2D eigenvalue weighted by Gasteiger charge is -2.41. The van der Waals surface area contributed by atoms with E-state index in [-0.39, 0.29) is 29.4 Å². The predicted molar refractivity (Wildman–Crippen MR) is 125 cm³/mol. The van der Waals surface area contributed by atoms with Gasteiger partial charge in [0, 0.05) is 37.3 Å². The predicted octanol–water partition coefficient (Wildman–Crippen LogP) is 2.65. The first kappa shape index (κ1) is 23.1. The summed E-state index contributed by atoms with van der Waals surface area (Å²) in [5.41, 5.74) is -0.379. The summed E-state index contributed by atoms with van der Waals surface area (Å²) in [4.78, 5) is 46.8. The van der Waals surface area contributed by atoms with Gasteiger partial charge in [-0.25, -0.2) is 4.39 Å². The van der Waals surface area contributed by atoms with Gasteiger partial charge in [-0.3, -0.25) is 14.4 Å². The number of hydrogen-bond acceptors (Lipinski definition) is 6. The van der Waals surface area contributed by atoms with Crippen LogP contribution in [0.5, 0.6) is 5.75 Å². The first-order chi connectivity index (χ1) is 16.6. The third kappa shape index (κ3) is 3.67. The van der Waals surface area contributed by atoms with E-state index in [9.17, 15) is 23.9 Å². The number of benzene rings is 1. The number of hydrogen-bond donors (Lipinski definition) is 2. The lowest BCUT2D eigenvalue weighted by atomic mass is 9.84. The molecule has 0 aliphatic carbocycles. The first-order valence-electron chi connectivity index (χ1n) is 11.7. The summed E-state index contributed by atoms with van der Waals surface area (Å²) in [7, 11) is 0. The van der Waals surface area contributed by atoms with Gasteiger partial charge in [-0.1, -0.05) is 17.3 Å². The lowest BCUT2D eigenvalue weighted by Crippen LogP contribution is -2.52. The highest BCUT2D eigenvalue weighted by Gasteiger charge is 2.53. The van der Waals surface area contributed by atoms with Crippen LogP contribution in [0.2, 0.25) is 0 Å². The number of carbonyl (C=O) groups excluding carboxylic acids is 2. The maximum atomic E-state index is 14.2. The van der Waals surface area contributed by atoms with Crippen LogP contribution in [0.1, 0.15) is 71.1 Å². The van der Waals surface area contributed by atoms with E-state index in [0.717, 1.165) is 11.3 Å². The second kappa shape index (κ2) is 8.21. The van der Waals surface area contributed by atoms with Crippen molar-refractivity contribution in [3.8, 4) is 5.75 Å². The molecule has 2 amide bonds. The number of nitrogens with one attached hydrogen (secondary N) is 1. The van der Waals surface area contributed by atoms with Gasteiger partial charge in [0.2, 0.25) is 5.43 Å². The van der Waals surface area contributed by atoms with Gasteiger partial charge in [-0.15, -0.1) is 0 Å². The molecule has 3 aliphatic rings. The molecule has 10 heteroatoms. The molecule has 0 unspecified atom stereocenters. The lowest BCUT2D eigenvalue weighted by molar-refractivity contribution is -0.0655. The van der Waals surface area contributed by atoms with Crippen molar-refractivity contribution < 1.29 is 23.9 Å². The molecular formula is C25H27FN4O5. The van der Waals surface area contributed by atoms with E-state index in [1.165, 1.54) is 16.8 Å². The largest absolute Gasteiger partial charge is 0.503 e. The zero-order chi connectivity index (χ0) is 25.1. The highest BCUT2D eigenvalue weighted by molar-refractivity contribution is 5.99. The van der Waals surface area contributed by atoms with Gasteiger partial charge in [-0.05, 0) is 45.2 Å². The van der Waals surface area contributed by atoms with E-state index in [4.69, 9.17) is 4.84 Å². The van der Waals surface area contributed by atoms with E-state index < -0.39 is 40.5 Å². The molecule has 1 spiro atoms. The van der Waals surface area contributed by atoms with Crippen molar-refractivity contribution >= 4 is 17.5 Å². The Kier molecular flexibility index (Phi) is 5.41. The molecule has 3 aliphatic heterocycles. The topological polar surface area (TPSA) is 113 Å². The Morgan fingerprint density at radius 3 is 2.80 bits per heavy atom. The van der Waals surface area contributed by atoms with E-state index in [1.54, 1.807) is 24.0 Å². The van der Waals surface area contributed by atoms with Gasteiger partial charge in [0.05, 0.1) is 11.8 Å². The van der Waals surface area contributed by atoms with E-state index >= 15 is 0 Å². The fourth-order valence-electron chi connectivity index (χ4n) is 5.35. The Labute approximate surface area is 201 Å². The van der Waals surface area contributed by atoms with Crippen LogP contribution in [0, 0.1) is 12.7 Å². The number of nitrogens with zero attached hydrogens (tertiary/aromatic N) is 3. The first-order valence-corrected chi connectivity index (χ1v) is 11.7. The van der Waals surface area contributed by atoms with Crippen LogP contribution in [-0.2, 0) is 11.4 Å². The minimum Gasteiger partial charge on any atom is -0.503 e. The minimum atomic E-state index is -0.951. The molecule has 1 fully saturated rings. The molecule has 2 bridgehead atoms. The molecule has 9 nitrogen and oxygen atoms in total. The Balaban J connectivity index is 1.55. The average Bonchev–Trinajstić information content (AvgIpc) is 3.14. The summed E-state index contributed by atoms with van der Waals surface area (Å²) in [6.07, 6.45) is 3.13. The Morgan fingerprint density at radius 1 is 1.34 bits per heavy atom. The van der Waals surface area contributed by atoms with Crippen molar-refractivity contribution in [2.75, 3.05) is 6.54 Å². The van der Waals surface area contributed by atoms with Crippen LogP contribution >= 0.6 is 0 Å². The van der Waals surface area contributed by atoms with Crippen molar-refractivity contribution in [2.45, 2.75) is 64.3 Å². The van der Waals surface area contributed by atoms with E-state index in [1.807, 2.05) is 13.8 Å². The molecule has 1 aromatic heterocycles. The molecular weight excluding hydrogens is 455 g/mol. The molecule has 0 saturated carbocycles. The number of halogens is 1. The molecule has 5 rings (SSSR count). The zero-order valence-electron chi connectivity index (χ0n) is 19.8. The van der Waals surface area contributed by atoms with E-state index in [2.05, 4.69) is 10.5 Å². The van der Waals surface area contributed by atoms with Crippen molar-refractivity contribution in [3.05, 3.63) is 62.8 Å². The summed E-state index contributed by atoms with van der Waals surface area (Å²) < 4.78 is 15.7. The smallest absolute Gasteiger partial charge is 0.274 e. The summed E-state index contributed by atoms with van der Waals surface area (Å²) in [6, 6.07) is 4.06. The number of amides is 2. The Bertz CT molecular complexity index is 1340. The van der Waals surface area contributed by atoms with Crippen LogP contribution in [0.4, 0.5) is 4.39 Å². The monoisotopic (exact) mass is 482 g/mol. The van der Waals surface area contributed by atoms with Gasteiger partial charge in [0.25, 0.3) is 11.8 Å². The Morgan fingerprint density at radius 2 is 2.11 bits per heavy atom. The molecule has 3 atom stereocenters. The number of aryl methyl sites for hydroxylation is 1. The van der Waals surface area contributed by atoms with Gasteiger partial charge < -0.3 is 24.7 Å². The summed E-state index contributed by atoms with van der Waals surface area (Å²) in [5.74, 6) is -2.49. The third-order valence-corrected chi connectivity index (χ3v) is 7.33. The molecule has 0 radical (unpaired) electrons. The van der Waals surface area contributed by atoms with Crippen LogP contribution in [0.15, 0.2) is 34.3 Å². The van der Waals surface area contributed by atoms with Crippen molar-refractivity contribution in [2.24, 2.45) is 5.16 Å². The van der Waals surface area contributed by atoms with E-state index in [0.29, 0.717) is 25.8 Å². The van der Waals surface area contributed by atoms with Gasteiger partial charge in [0.1, 0.15) is 11.4 Å². The number of pyridine rings is 1. The van der Waals surface area contributed by atoms with Gasteiger partial charge in [-0.2, -0.15) is 0 Å². The number of carbonyl (C=O) groups is 2. The number of aromatic nitrogens is 1. The van der Waals surface area contributed by atoms with Crippen LogP contribution < -0.4 is 10.7 Å². The number of rotatable bonds is 3. The molecule has 2 aromatic rings. The number of fused-ring (bicyclic) bond motifs is 5. The summed E-state index contributed by atoms with van der Waals surface area (Å²) >= 11 is 0. The fourth-order valence-corrected chi connectivity index (χ4v) is 5.35. The molecule has 184 valence electrons.